The molecule has 4 rings (SSSR count). The lowest BCUT2D eigenvalue weighted by Gasteiger charge is -2.46. The van der Waals surface area contributed by atoms with E-state index in [1.54, 1.807) is 7.11 Å². The van der Waals surface area contributed by atoms with Crippen molar-refractivity contribution >= 4 is 34.1 Å². The molecule has 1 aromatic heterocycles. The van der Waals surface area contributed by atoms with Gasteiger partial charge < -0.3 is 15.2 Å². The molecular weight excluding hydrogens is 443 g/mol. The summed E-state index contributed by atoms with van der Waals surface area (Å²) in [5.74, 6) is 0.0793. The average Bonchev–Trinajstić information content (AvgIpc) is 2.75. The maximum absolute atomic E-state index is 12.2. The molecule has 0 amide bonds. The van der Waals surface area contributed by atoms with E-state index in [0.29, 0.717) is 35.3 Å². The quantitative estimate of drug-likeness (QED) is 0.417. The summed E-state index contributed by atoms with van der Waals surface area (Å²) in [6.07, 6.45) is 3.14. The SMILES string of the molecule is C.C=CCC1CNCCC1(O)C(c1cccc(Cl)c1)c1cc2cc(Cl)ccc2nc1OC. The summed E-state index contributed by atoms with van der Waals surface area (Å²) in [5, 5.41) is 17.8. The van der Waals surface area contributed by atoms with Gasteiger partial charge in [0.05, 0.1) is 18.2 Å². The number of allylic oxidation sites excluding steroid dienone is 1. The second-order valence-corrected chi connectivity index (χ2v) is 8.95. The normalized spacial score (nSPS) is 21.6. The topological polar surface area (TPSA) is 54.4 Å². The van der Waals surface area contributed by atoms with Gasteiger partial charge in [-0.05, 0) is 61.3 Å². The standard InChI is InChI=1S/C25H26Cl2N2O2.CH4/c1-3-5-18-15-28-11-10-25(18,30)23(16-6-4-7-19(26)12-16)21-14-17-13-20(27)8-9-22(17)29-24(21)31-2;/h3-4,6-9,12-14,18,23,28,30H,1,5,10-11,15H2,2H3;1H4. The second-order valence-electron chi connectivity index (χ2n) is 8.08. The van der Waals surface area contributed by atoms with E-state index in [-0.39, 0.29) is 19.3 Å². The zero-order valence-corrected chi connectivity index (χ0v) is 19.0. The monoisotopic (exact) mass is 472 g/mol. The van der Waals surface area contributed by atoms with Crippen molar-refractivity contribution in [2.45, 2.75) is 31.8 Å². The number of fused-ring (bicyclic) bond motifs is 1. The van der Waals surface area contributed by atoms with Crippen molar-refractivity contribution in [3.63, 3.8) is 0 Å². The lowest BCUT2D eigenvalue weighted by Crippen LogP contribution is -2.54. The third kappa shape index (κ3) is 4.65. The fourth-order valence-electron chi connectivity index (χ4n) is 4.75. The van der Waals surface area contributed by atoms with E-state index < -0.39 is 5.60 Å². The van der Waals surface area contributed by atoms with Gasteiger partial charge in [-0.3, -0.25) is 0 Å². The minimum Gasteiger partial charge on any atom is -0.481 e. The van der Waals surface area contributed by atoms with Crippen LogP contribution in [-0.4, -0.2) is 35.9 Å². The molecule has 2 N–H and O–H groups in total. The first kappa shape index (κ1) is 24.5. The molecule has 32 heavy (non-hydrogen) atoms. The number of pyridine rings is 1. The highest BCUT2D eigenvalue weighted by molar-refractivity contribution is 6.31. The molecule has 0 saturated carbocycles. The molecule has 0 radical (unpaired) electrons. The number of hydrogen-bond donors (Lipinski definition) is 2. The summed E-state index contributed by atoms with van der Waals surface area (Å²) in [5.41, 5.74) is 1.49. The van der Waals surface area contributed by atoms with Crippen LogP contribution >= 0.6 is 23.2 Å². The van der Waals surface area contributed by atoms with Gasteiger partial charge in [-0.15, -0.1) is 6.58 Å². The zero-order valence-electron chi connectivity index (χ0n) is 17.4. The Bertz CT molecular complexity index is 1100. The molecule has 1 saturated heterocycles. The van der Waals surface area contributed by atoms with Gasteiger partial charge in [0, 0.05) is 39.4 Å². The summed E-state index contributed by atoms with van der Waals surface area (Å²) in [6.45, 7) is 5.33. The molecule has 0 aliphatic carbocycles. The highest BCUT2D eigenvalue weighted by Gasteiger charge is 2.47. The minimum atomic E-state index is -1.04. The Labute approximate surface area is 200 Å². The Morgan fingerprint density at radius 2 is 2.03 bits per heavy atom. The Balaban J connectivity index is 0.00000289. The first-order valence-corrected chi connectivity index (χ1v) is 11.2. The maximum Gasteiger partial charge on any atom is 0.217 e. The van der Waals surface area contributed by atoms with Gasteiger partial charge in [-0.25, -0.2) is 4.98 Å². The predicted molar refractivity (Wildman–Crippen MR) is 134 cm³/mol. The van der Waals surface area contributed by atoms with Crippen molar-refractivity contribution in [1.29, 1.82) is 0 Å². The van der Waals surface area contributed by atoms with E-state index in [4.69, 9.17) is 32.9 Å². The van der Waals surface area contributed by atoms with E-state index in [2.05, 4.69) is 11.9 Å². The molecule has 4 nitrogen and oxygen atoms in total. The number of benzene rings is 2. The number of piperidine rings is 1. The first-order chi connectivity index (χ1) is 15.0. The van der Waals surface area contributed by atoms with Crippen molar-refractivity contribution in [1.82, 2.24) is 10.3 Å². The van der Waals surface area contributed by atoms with Crippen LogP contribution in [0.25, 0.3) is 10.9 Å². The van der Waals surface area contributed by atoms with Crippen molar-refractivity contribution in [3.8, 4) is 5.88 Å². The number of nitrogens with zero attached hydrogens (tertiary/aromatic N) is 1. The third-order valence-corrected chi connectivity index (χ3v) is 6.68. The lowest BCUT2D eigenvalue weighted by atomic mass is 9.66. The average molecular weight is 473 g/mol. The van der Waals surface area contributed by atoms with Gasteiger partial charge in [-0.1, -0.05) is 48.8 Å². The van der Waals surface area contributed by atoms with Crippen molar-refractivity contribution in [2.24, 2.45) is 5.92 Å². The smallest absolute Gasteiger partial charge is 0.217 e. The maximum atomic E-state index is 12.2. The van der Waals surface area contributed by atoms with Crippen molar-refractivity contribution in [2.75, 3.05) is 20.2 Å². The second kappa shape index (κ2) is 10.2. The highest BCUT2D eigenvalue weighted by Crippen LogP contribution is 2.47. The molecule has 170 valence electrons. The molecule has 6 heteroatoms. The van der Waals surface area contributed by atoms with Crippen molar-refractivity contribution < 1.29 is 9.84 Å². The molecule has 1 fully saturated rings. The number of ether oxygens (including phenoxy) is 1. The molecule has 2 heterocycles. The third-order valence-electron chi connectivity index (χ3n) is 6.21. The molecule has 3 aromatic rings. The fourth-order valence-corrected chi connectivity index (χ4v) is 5.13. The Kier molecular flexibility index (Phi) is 7.84. The molecule has 1 aliphatic rings. The Hall–Kier alpha value is -2.11. The van der Waals surface area contributed by atoms with Crippen LogP contribution in [0.2, 0.25) is 10.0 Å². The summed E-state index contributed by atoms with van der Waals surface area (Å²) >= 11 is 12.6. The van der Waals surface area contributed by atoms with Gasteiger partial charge in [0.25, 0.3) is 0 Å². The van der Waals surface area contributed by atoms with Crippen LogP contribution in [0.1, 0.15) is 37.3 Å². The number of halogens is 2. The molecular formula is C26H30Cl2N2O2. The van der Waals surface area contributed by atoms with E-state index in [9.17, 15) is 5.11 Å². The van der Waals surface area contributed by atoms with Gasteiger partial charge in [-0.2, -0.15) is 0 Å². The van der Waals surface area contributed by atoms with E-state index in [0.717, 1.165) is 28.6 Å². The van der Waals surface area contributed by atoms with Crippen LogP contribution in [-0.2, 0) is 0 Å². The van der Waals surface area contributed by atoms with Gasteiger partial charge in [0.15, 0.2) is 0 Å². The number of hydrogen-bond acceptors (Lipinski definition) is 4. The van der Waals surface area contributed by atoms with Crippen LogP contribution in [0.15, 0.2) is 61.2 Å². The van der Waals surface area contributed by atoms with E-state index in [1.807, 2.05) is 54.6 Å². The number of aromatic nitrogens is 1. The van der Waals surface area contributed by atoms with E-state index >= 15 is 0 Å². The van der Waals surface area contributed by atoms with Crippen molar-refractivity contribution in [3.05, 3.63) is 82.4 Å². The minimum absolute atomic E-state index is 0. The Morgan fingerprint density at radius 3 is 2.75 bits per heavy atom. The largest absolute Gasteiger partial charge is 0.481 e. The number of aliphatic hydroxyl groups is 1. The molecule has 2 aromatic carbocycles. The van der Waals surface area contributed by atoms with E-state index in [1.165, 1.54) is 0 Å². The lowest BCUT2D eigenvalue weighted by molar-refractivity contribution is -0.0534. The molecule has 0 bridgehead atoms. The zero-order chi connectivity index (χ0) is 22.0. The summed E-state index contributed by atoms with van der Waals surface area (Å²) < 4.78 is 5.72. The van der Waals surface area contributed by atoms with Crippen LogP contribution in [0.5, 0.6) is 5.88 Å². The summed E-state index contributed by atoms with van der Waals surface area (Å²) in [4.78, 5) is 4.74. The highest BCUT2D eigenvalue weighted by atomic mass is 35.5. The Morgan fingerprint density at radius 1 is 1.25 bits per heavy atom. The van der Waals surface area contributed by atoms with Gasteiger partial charge >= 0.3 is 0 Å². The molecule has 3 atom stereocenters. The van der Waals surface area contributed by atoms with Crippen LogP contribution in [0, 0.1) is 5.92 Å². The molecule has 3 unspecified atom stereocenters. The predicted octanol–water partition coefficient (Wildman–Crippen LogP) is 6.23. The van der Waals surface area contributed by atoms with Gasteiger partial charge in [0.2, 0.25) is 5.88 Å². The van der Waals surface area contributed by atoms with Crippen LogP contribution < -0.4 is 10.1 Å². The summed E-state index contributed by atoms with van der Waals surface area (Å²) in [6, 6.07) is 15.3. The summed E-state index contributed by atoms with van der Waals surface area (Å²) in [7, 11) is 1.61. The number of methoxy groups -OCH3 is 1. The number of nitrogens with one attached hydrogen (secondary N) is 1. The number of rotatable bonds is 6. The molecule has 0 spiro atoms. The molecule has 1 aliphatic heterocycles. The van der Waals surface area contributed by atoms with Crippen LogP contribution in [0.3, 0.4) is 0 Å². The van der Waals surface area contributed by atoms with Crippen LogP contribution in [0.4, 0.5) is 0 Å². The fraction of sp³-hybridized carbons (Fsp3) is 0.346. The first-order valence-electron chi connectivity index (χ1n) is 10.4. The van der Waals surface area contributed by atoms with Gasteiger partial charge in [0.1, 0.15) is 0 Å².